The number of ether oxygens (including phenoxy) is 3. The molecule has 0 radical (unpaired) electrons. The number of rotatable bonds is 8. The molecule has 0 aliphatic carbocycles. The fraction of sp³-hybridized carbons (Fsp3) is 0.304. The molecular weight excluding hydrogens is 500 g/mol. The molecule has 2 aromatic heterocycles. The summed E-state index contributed by atoms with van der Waals surface area (Å²) in [6.45, 7) is 0.947. The van der Waals surface area contributed by atoms with Gasteiger partial charge in [0.1, 0.15) is 11.6 Å². The van der Waals surface area contributed by atoms with Crippen LogP contribution >= 0.6 is 11.6 Å². The van der Waals surface area contributed by atoms with Gasteiger partial charge in [-0.15, -0.1) is 8.78 Å². The van der Waals surface area contributed by atoms with Crippen molar-refractivity contribution in [2.75, 3.05) is 37.5 Å². The SMILES string of the molecule is COc1ncc(-c2cc(C(=O)Nc3ccc(OC(F)(F)Cl)cc3)cnc2N2CCC(O)C2)c(OC)n1. The summed E-state index contributed by atoms with van der Waals surface area (Å²) in [4.78, 5) is 27.8. The van der Waals surface area contributed by atoms with E-state index in [0.29, 0.717) is 42.1 Å². The first-order chi connectivity index (χ1) is 17.2. The molecule has 3 aromatic rings. The Labute approximate surface area is 209 Å². The van der Waals surface area contributed by atoms with Crippen molar-refractivity contribution in [1.29, 1.82) is 0 Å². The number of alkyl halides is 3. The molecule has 0 bridgehead atoms. The van der Waals surface area contributed by atoms with Crippen molar-refractivity contribution >= 4 is 29.0 Å². The Morgan fingerprint density at radius 2 is 1.92 bits per heavy atom. The van der Waals surface area contributed by atoms with Crippen LogP contribution in [0.25, 0.3) is 11.1 Å². The molecule has 1 amide bonds. The molecule has 1 saturated heterocycles. The van der Waals surface area contributed by atoms with Crippen molar-refractivity contribution in [2.45, 2.75) is 18.1 Å². The molecule has 2 N–H and O–H groups in total. The van der Waals surface area contributed by atoms with Crippen LogP contribution in [0.4, 0.5) is 20.3 Å². The van der Waals surface area contributed by atoms with Gasteiger partial charge >= 0.3 is 11.6 Å². The summed E-state index contributed by atoms with van der Waals surface area (Å²) in [6, 6.07) is 7.00. The molecule has 36 heavy (non-hydrogen) atoms. The minimum absolute atomic E-state index is 0.106. The third-order valence-corrected chi connectivity index (χ3v) is 5.41. The van der Waals surface area contributed by atoms with Crippen LogP contribution in [0, 0.1) is 0 Å². The number of amides is 1. The zero-order valence-electron chi connectivity index (χ0n) is 19.2. The highest BCUT2D eigenvalue weighted by Crippen LogP contribution is 2.37. The lowest BCUT2D eigenvalue weighted by Gasteiger charge is -2.21. The number of carbonyl (C=O) groups is 1. The maximum absolute atomic E-state index is 13.0. The van der Waals surface area contributed by atoms with E-state index in [4.69, 9.17) is 21.1 Å². The number of benzene rings is 1. The number of aliphatic hydroxyl groups excluding tert-OH is 1. The van der Waals surface area contributed by atoms with E-state index in [9.17, 15) is 18.7 Å². The first-order valence-corrected chi connectivity index (χ1v) is 11.1. The lowest BCUT2D eigenvalue weighted by atomic mass is 10.1. The predicted molar refractivity (Wildman–Crippen MR) is 127 cm³/mol. The molecule has 1 aromatic carbocycles. The predicted octanol–water partition coefficient (Wildman–Crippen LogP) is 3.55. The van der Waals surface area contributed by atoms with Gasteiger partial charge < -0.3 is 29.5 Å². The van der Waals surface area contributed by atoms with Crippen LogP contribution in [0.5, 0.6) is 17.6 Å². The number of hydrogen-bond acceptors (Lipinski definition) is 9. The first kappa shape index (κ1) is 25.3. The summed E-state index contributed by atoms with van der Waals surface area (Å²) < 4.78 is 40.4. The van der Waals surface area contributed by atoms with Gasteiger partial charge in [-0.2, -0.15) is 4.98 Å². The number of aliphatic hydroxyl groups is 1. The molecule has 3 heterocycles. The van der Waals surface area contributed by atoms with E-state index in [0.717, 1.165) is 0 Å². The van der Waals surface area contributed by atoms with Crippen LogP contribution in [0.1, 0.15) is 16.8 Å². The van der Waals surface area contributed by atoms with Crippen LogP contribution in [0.15, 0.2) is 42.7 Å². The Kier molecular flexibility index (Phi) is 7.36. The molecule has 4 rings (SSSR count). The maximum atomic E-state index is 13.0. The minimum Gasteiger partial charge on any atom is -0.480 e. The lowest BCUT2D eigenvalue weighted by molar-refractivity contribution is -0.0964. The smallest absolute Gasteiger partial charge is 0.480 e. The van der Waals surface area contributed by atoms with E-state index < -0.39 is 17.6 Å². The van der Waals surface area contributed by atoms with Crippen molar-refractivity contribution in [2.24, 2.45) is 0 Å². The van der Waals surface area contributed by atoms with Crippen molar-refractivity contribution in [3.63, 3.8) is 0 Å². The number of nitrogens with one attached hydrogen (secondary N) is 1. The average Bonchev–Trinajstić information content (AvgIpc) is 3.29. The van der Waals surface area contributed by atoms with Gasteiger partial charge in [-0.05, 0) is 36.8 Å². The number of nitrogens with zero attached hydrogens (tertiary/aromatic N) is 4. The molecule has 190 valence electrons. The highest BCUT2D eigenvalue weighted by atomic mass is 35.5. The highest BCUT2D eigenvalue weighted by Gasteiger charge is 2.28. The number of anilines is 2. The van der Waals surface area contributed by atoms with Crippen molar-refractivity contribution in [3.8, 4) is 28.8 Å². The summed E-state index contributed by atoms with van der Waals surface area (Å²) >= 11 is 4.77. The normalized spacial score (nSPS) is 15.5. The van der Waals surface area contributed by atoms with Crippen LogP contribution < -0.4 is 24.4 Å². The summed E-state index contributed by atoms with van der Waals surface area (Å²) in [5.74, 6) is 0.0785. The standard InChI is InChI=1S/C23H22ClF2N5O5/c1-34-21-18(11-28-22(30-21)35-2)17-9-13(10-27-19(17)31-8-7-15(32)12-31)20(33)29-14-3-5-16(6-4-14)36-23(24,25)26/h3-6,9-11,15,32H,7-8,12H2,1-2H3,(H,29,33). The Balaban J connectivity index is 1.66. The van der Waals surface area contributed by atoms with Gasteiger partial charge in [0, 0.05) is 48.3 Å². The lowest BCUT2D eigenvalue weighted by Crippen LogP contribution is -2.23. The number of pyridine rings is 1. The molecular formula is C23H22ClF2N5O5. The maximum Gasteiger partial charge on any atom is 0.487 e. The quantitative estimate of drug-likeness (QED) is 0.429. The monoisotopic (exact) mass is 521 g/mol. The average molecular weight is 522 g/mol. The number of methoxy groups -OCH3 is 2. The van der Waals surface area contributed by atoms with Crippen molar-refractivity contribution < 1.29 is 32.9 Å². The topological polar surface area (TPSA) is 119 Å². The van der Waals surface area contributed by atoms with Crippen molar-refractivity contribution in [1.82, 2.24) is 15.0 Å². The first-order valence-electron chi connectivity index (χ1n) is 10.7. The van der Waals surface area contributed by atoms with Gasteiger partial charge in [0.05, 0.1) is 31.5 Å². The Hall–Kier alpha value is -3.77. The van der Waals surface area contributed by atoms with E-state index in [1.165, 1.54) is 50.9 Å². The van der Waals surface area contributed by atoms with Gasteiger partial charge in [-0.1, -0.05) is 0 Å². The molecule has 1 aliphatic heterocycles. The van der Waals surface area contributed by atoms with E-state index >= 15 is 0 Å². The van der Waals surface area contributed by atoms with Crippen LogP contribution in [0.2, 0.25) is 0 Å². The van der Waals surface area contributed by atoms with Crippen molar-refractivity contribution in [3.05, 3.63) is 48.3 Å². The number of β-amino-alcohol motifs (C(OH)–C–C–N with tert-alkyl or cyclic N) is 1. The van der Waals surface area contributed by atoms with Gasteiger partial charge in [-0.25, -0.2) is 9.97 Å². The molecule has 1 fully saturated rings. The van der Waals surface area contributed by atoms with Gasteiger partial charge in [0.25, 0.3) is 5.91 Å². The molecule has 1 unspecified atom stereocenters. The van der Waals surface area contributed by atoms with Gasteiger partial charge in [-0.3, -0.25) is 4.79 Å². The molecule has 1 atom stereocenters. The number of carbonyl (C=O) groups excluding carboxylic acids is 1. The third-order valence-electron chi connectivity index (χ3n) is 5.34. The van der Waals surface area contributed by atoms with E-state index in [-0.39, 0.29) is 23.2 Å². The molecule has 10 nitrogen and oxygen atoms in total. The van der Waals surface area contributed by atoms with Crippen LogP contribution in [-0.4, -0.2) is 64.9 Å². The largest absolute Gasteiger partial charge is 0.487 e. The second-order valence-corrected chi connectivity index (χ2v) is 8.23. The van der Waals surface area contributed by atoms with E-state index in [2.05, 4.69) is 25.0 Å². The Bertz CT molecular complexity index is 1240. The van der Waals surface area contributed by atoms with Crippen LogP contribution in [-0.2, 0) is 0 Å². The number of halogens is 3. The van der Waals surface area contributed by atoms with Gasteiger partial charge in [0.2, 0.25) is 5.88 Å². The molecule has 0 saturated carbocycles. The molecule has 0 spiro atoms. The minimum atomic E-state index is -3.84. The Morgan fingerprint density at radius 1 is 1.17 bits per heavy atom. The summed E-state index contributed by atoms with van der Waals surface area (Å²) in [7, 11) is 2.87. The summed E-state index contributed by atoms with van der Waals surface area (Å²) in [5.41, 5.74) is -2.31. The zero-order chi connectivity index (χ0) is 25.9. The van der Waals surface area contributed by atoms with Crippen LogP contribution in [0.3, 0.4) is 0 Å². The van der Waals surface area contributed by atoms with Gasteiger partial charge in [0.15, 0.2) is 0 Å². The summed E-state index contributed by atoms with van der Waals surface area (Å²) in [5, 5.41) is 12.7. The second kappa shape index (κ2) is 10.5. The van der Waals surface area contributed by atoms with E-state index in [1.807, 2.05) is 4.90 Å². The second-order valence-electron chi connectivity index (χ2n) is 7.79. The fourth-order valence-electron chi connectivity index (χ4n) is 3.70. The molecule has 13 heteroatoms. The highest BCUT2D eigenvalue weighted by molar-refractivity contribution is 6.20. The number of hydrogen-bond donors (Lipinski definition) is 2. The number of aromatic nitrogens is 3. The molecule has 1 aliphatic rings. The summed E-state index contributed by atoms with van der Waals surface area (Å²) in [6.07, 6.45) is 2.99. The zero-order valence-corrected chi connectivity index (χ0v) is 20.0. The Morgan fingerprint density at radius 3 is 2.53 bits per heavy atom. The fourth-order valence-corrected chi connectivity index (χ4v) is 3.79. The van der Waals surface area contributed by atoms with E-state index in [1.54, 1.807) is 6.07 Å². The third kappa shape index (κ3) is 5.89.